The van der Waals surface area contributed by atoms with Gasteiger partial charge in [0.25, 0.3) is 11.6 Å². The molecule has 0 bridgehead atoms. The van der Waals surface area contributed by atoms with Crippen LogP contribution in [0, 0.1) is 10.1 Å². The Morgan fingerprint density at radius 3 is 2.67 bits per heavy atom. The van der Waals surface area contributed by atoms with Crippen LogP contribution in [0.2, 0.25) is 5.02 Å². The van der Waals surface area contributed by atoms with Crippen LogP contribution in [-0.2, 0) is 16.1 Å². The molecule has 0 spiro atoms. The maximum absolute atomic E-state index is 11.8. The van der Waals surface area contributed by atoms with Gasteiger partial charge in [-0.2, -0.15) is 4.98 Å². The van der Waals surface area contributed by atoms with Crippen LogP contribution in [0.4, 0.5) is 5.69 Å². The molecule has 138 valence electrons. The van der Waals surface area contributed by atoms with E-state index in [9.17, 15) is 14.9 Å². The highest BCUT2D eigenvalue weighted by atomic mass is 35.5. The van der Waals surface area contributed by atoms with E-state index in [0.29, 0.717) is 16.4 Å². The van der Waals surface area contributed by atoms with Crippen molar-refractivity contribution >= 4 is 35.0 Å². The molecule has 0 aliphatic rings. The topological polar surface area (TPSA) is 108 Å². The Hall–Kier alpha value is -2.91. The van der Waals surface area contributed by atoms with Crippen molar-refractivity contribution in [3.63, 3.8) is 0 Å². The summed E-state index contributed by atoms with van der Waals surface area (Å²) >= 11 is 7.28. The summed E-state index contributed by atoms with van der Waals surface area (Å²) in [6.07, 6.45) is 0. The van der Waals surface area contributed by atoms with Crippen LogP contribution in [0.25, 0.3) is 11.4 Å². The van der Waals surface area contributed by atoms with Crippen molar-refractivity contribution in [2.24, 2.45) is 0 Å². The largest absolute Gasteiger partial charge is 0.455 e. The normalized spacial score (nSPS) is 10.6. The van der Waals surface area contributed by atoms with Gasteiger partial charge in [0.1, 0.15) is 0 Å². The number of nitrogens with zero attached hydrogens (tertiary/aromatic N) is 3. The molecule has 0 atom stereocenters. The fourth-order valence-electron chi connectivity index (χ4n) is 2.06. The van der Waals surface area contributed by atoms with Gasteiger partial charge in [0.15, 0.2) is 6.61 Å². The molecule has 0 saturated heterocycles. The number of aromatic nitrogens is 2. The first kappa shape index (κ1) is 18.9. The lowest BCUT2D eigenvalue weighted by Gasteiger charge is -2.02. The molecule has 8 nitrogen and oxygen atoms in total. The van der Waals surface area contributed by atoms with Crippen LogP contribution in [0.3, 0.4) is 0 Å². The van der Waals surface area contributed by atoms with Gasteiger partial charge in [-0.1, -0.05) is 28.9 Å². The van der Waals surface area contributed by atoms with Gasteiger partial charge < -0.3 is 9.26 Å². The van der Waals surface area contributed by atoms with Crippen molar-refractivity contribution < 1.29 is 19.0 Å². The number of non-ortho nitro benzene ring substituents is 1. The molecule has 0 unspecified atom stereocenters. The van der Waals surface area contributed by atoms with Crippen molar-refractivity contribution in [3.8, 4) is 11.4 Å². The molecule has 0 fully saturated rings. The standard InChI is InChI=1S/C17H12ClN3O5S/c18-14-4-2-1-3-13(14)17-19-15(26-20-17)9-25-16(22)10-27-12-7-5-11(6-8-12)21(23)24/h1-8H,9-10H2. The van der Waals surface area contributed by atoms with Crippen molar-refractivity contribution in [1.82, 2.24) is 10.1 Å². The number of hydrogen-bond acceptors (Lipinski definition) is 8. The van der Waals surface area contributed by atoms with Crippen LogP contribution in [0.15, 0.2) is 57.9 Å². The van der Waals surface area contributed by atoms with E-state index in [1.165, 1.54) is 23.9 Å². The number of carbonyl (C=O) groups excluding carboxylic acids is 1. The first-order valence-corrected chi connectivity index (χ1v) is 8.99. The number of carbonyl (C=O) groups is 1. The Bertz CT molecular complexity index is 961. The lowest BCUT2D eigenvalue weighted by atomic mass is 10.2. The quantitative estimate of drug-likeness (QED) is 0.250. The highest BCUT2D eigenvalue weighted by Gasteiger charge is 2.13. The number of esters is 1. The summed E-state index contributed by atoms with van der Waals surface area (Å²) in [6.45, 7) is -0.156. The molecule has 0 aliphatic carbocycles. The fourth-order valence-corrected chi connectivity index (χ4v) is 2.97. The SMILES string of the molecule is O=C(CSc1ccc([N+](=O)[O-])cc1)OCc1nc(-c2ccccc2Cl)no1. The van der Waals surface area contributed by atoms with Crippen LogP contribution in [0.5, 0.6) is 0 Å². The average Bonchev–Trinajstić information content (AvgIpc) is 3.14. The molecule has 2 aromatic carbocycles. The van der Waals surface area contributed by atoms with E-state index in [-0.39, 0.29) is 23.9 Å². The number of hydrogen-bond donors (Lipinski definition) is 0. The number of halogens is 1. The number of ether oxygens (including phenoxy) is 1. The maximum atomic E-state index is 11.8. The first-order chi connectivity index (χ1) is 13.0. The molecule has 0 N–H and O–H groups in total. The summed E-state index contributed by atoms with van der Waals surface area (Å²) in [7, 11) is 0. The molecule has 3 aromatic rings. The zero-order valence-corrected chi connectivity index (χ0v) is 15.3. The molecular weight excluding hydrogens is 394 g/mol. The Kier molecular flexibility index (Phi) is 6.05. The molecule has 0 radical (unpaired) electrons. The summed E-state index contributed by atoms with van der Waals surface area (Å²) in [4.78, 5) is 26.8. The van der Waals surface area contributed by atoms with E-state index < -0.39 is 10.9 Å². The second-order valence-corrected chi connectivity index (χ2v) is 6.65. The molecule has 1 heterocycles. The number of benzene rings is 2. The second kappa shape index (κ2) is 8.65. The third-order valence-electron chi connectivity index (χ3n) is 3.34. The van der Waals surface area contributed by atoms with Crippen LogP contribution in [0.1, 0.15) is 5.89 Å². The van der Waals surface area contributed by atoms with Crippen molar-refractivity contribution in [2.75, 3.05) is 5.75 Å². The van der Waals surface area contributed by atoms with E-state index in [0.717, 1.165) is 4.90 Å². The lowest BCUT2D eigenvalue weighted by molar-refractivity contribution is -0.384. The summed E-state index contributed by atoms with van der Waals surface area (Å²) in [5, 5.41) is 14.9. The number of rotatable bonds is 7. The van der Waals surface area contributed by atoms with E-state index in [1.54, 1.807) is 36.4 Å². The molecule has 10 heteroatoms. The molecule has 1 aromatic heterocycles. The van der Waals surface area contributed by atoms with Gasteiger partial charge in [-0.25, -0.2) is 0 Å². The number of nitro groups is 1. The summed E-state index contributed by atoms with van der Waals surface area (Å²) in [5.74, 6) is 0.0323. The second-order valence-electron chi connectivity index (χ2n) is 5.19. The Labute approximate surface area is 162 Å². The third-order valence-corrected chi connectivity index (χ3v) is 4.66. The zero-order chi connectivity index (χ0) is 19.2. The van der Waals surface area contributed by atoms with Gasteiger partial charge in [-0.15, -0.1) is 11.8 Å². The Morgan fingerprint density at radius 2 is 1.96 bits per heavy atom. The number of nitro benzene ring substituents is 1. The summed E-state index contributed by atoms with van der Waals surface area (Å²) < 4.78 is 10.1. The molecule has 0 aliphatic heterocycles. The van der Waals surface area contributed by atoms with E-state index in [1.807, 2.05) is 0 Å². The van der Waals surface area contributed by atoms with Gasteiger partial charge in [-0.3, -0.25) is 14.9 Å². The monoisotopic (exact) mass is 405 g/mol. The fraction of sp³-hybridized carbons (Fsp3) is 0.118. The average molecular weight is 406 g/mol. The molecule has 0 saturated carbocycles. The van der Waals surface area contributed by atoms with Crippen LogP contribution >= 0.6 is 23.4 Å². The number of thioether (sulfide) groups is 1. The summed E-state index contributed by atoms with van der Waals surface area (Å²) in [5.41, 5.74) is 0.613. The van der Waals surface area contributed by atoms with Crippen molar-refractivity contribution in [1.29, 1.82) is 0 Å². The van der Waals surface area contributed by atoms with Gasteiger partial charge in [0, 0.05) is 22.6 Å². The van der Waals surface area contributed by atoms with E-state index >= 15 is 0 Å². The maximum Gasteiger partial charge on any atom is 0.316 e. The predicted molar refractivity (Wildman–Crippen MR) is 98.4 cm³/mol. The van der Waals surface area contributed by atoms with Gasteiger partial charge in [0.2, 0.25) is 5.82 Å². The Balaban J connectivity index is 1.49. The van der Waals surface area contributed by atoms with Gasteiger partial charge >= 0.3 is 5.97 Å². The highest BCUT2D eigenvalue weighted by Crippen LogP contribution is 2.25. The minimum Gasteiger partial charge on any atom is -0.455 e. The van der Waals surface area contributed by atoms with E-state index in [4.69, 9.17) is 20.9 Å². The predicted octanol–water partition coefficient (Wildman–Crippen LogP) is 4.13. The summed E-state index contributed by atoms with van der Waals surface area (Å²) in [6, 6.07) is 13.0. The van der Waals surface area contributed by atoms with Gasteiger partial charge in [0.05, 0.1) is 15.7 Å². The Morgan fingerprint density at radius 1 is 1.22 bits per heavy atom. The van der Waals surface area contributed by atoms with Crippen LogP contribution in [-0.4, -0.2) is 26.8 Å². The molecule has 27 heavy (non-hydrogen) atoms. The van der Waals surface area contributed by atoms with E-state index in [2.05, 4.69) is 10.1 Å². The minimum absolute atomic E-state index is 0.00681. The molecule has 0 amide bonds. The smallest absolute Gasteiger partial charge is 0.316 e. The first-order valence-electron chi connectivity index (χ1n) is 7.63. The lowest BCUT2D eigenvalue weighted by Crippen LogP contribution is -2.07. The highest BCUT2D eigenvalue weighted by molar-refractivity contribution is 8.00. The third kappa shape index (κ3) is 5.05. The minimum atomic E-state index is -0.482. The van der Waals surface area contributed by atoms with Gasteiger partial charge in [-0.05, 0) is 24.3 Å². The van der Waals surface area contributed by atoms with Crippen molar-refractivity contribution in [3.05, 3.63) is 69.6 Å². The molecular formula is C17H12ClN3O5S. The molecule has 3 rings (SSSR count). The van der Waals surface area contributed by atoms with Crippen LogP contribution < -0.4 is 0 Å². The zero-order valence-electron chi connectivity index (χ0n) is 13.7. The van der Waals surface area contributed by atoms with Crippen molar-refractivity contribution in [2.45, 2.75) is 11.5 Å².